The van der Waals surface area contributed by atoms with Crippen LogP contribution in [-0.2, 0) is 14.6 Å². The van der Waals surface area contributed by atoms with E-state index in [0.29, 0.717) is 31.1 Å². The molecule has 0 radical (unpaired) electrons. The normalized spacial score (nSPS) is 23.3. The number of H-pyrrole nitrogens is 1. The van der Waals surface area contributed by atoms with Gasteiger partial charge in [-0.15, -0.1) is 0 Å². The molecule has 2 heterocycles. The summed E-state index contributed by atoms with van der Waals surface area (Å²) in [6.07, 6.45) is 8.82. The van der Waals surface area contributed by atoms with Crippen LogP contribution in [0, 0.1) is 5.92 Å². The molecule has 0 aromatic carbocycles. The van der Waals surface area contributed by atoms with Crippen LogP contribution in [0.3, 0.4) is 0 Å². The molecule has 2 fully saturated rings. The van der Waals surface area contributed by atoms with Crippen LogP contribution >= 0.6 is 0 Å². The Morgan fingerprint density at radius 1 is 1.36 bits per heavy atom. The molecule has 0 spiro atoms. The van der Waals surface area contributed by atoms with Crippen molar-refractivity contribution in [1.82, 2.24) is 15.1 Å². The van der Waals surface area contributed by atoms with E-state index in [9.17, 15) is 13.2 Å². The standard InChI is InChI=1S/C15H23N3O3S/c1-22(20,21)13-9-16-17-15(13)12-6-7-18(10-12)14(19)8-11-4-2-3-5-11/h9,11-12H,2-8,10H2,1H3,(H,16,17)/t12-/m1/s1. The number of aromatic nitrogens is 2. The fourth-order valence-electron chi connectivity index (χ4n) is 3.69. The average Bonchev–Trinajstić information content (AvgIpc) is 3.18. The highest BCUT2D eigenvalue weighted by atomic mass is 32.2. The molecular formula is C15H23N3O3S. The summed E-state index contributed by atoms with van der Waals surface area (Å²) in [5.41, 5.74) is 0.652. The molecule has 122 valence electrons. The van der Waals surface area contributed by atoms with Crippen molar-refractivity contribution >= 4 is 15.7 Å². The molecule has 1 saturated heterocycles. The summed E-state index contributed by atoms with van der Waals surface area (Å²) < 4.78 is 23.6. The molecule has 6 nitrogen and oxygen atoms in total. The lowest BCUT2D eigenvalue weighted by atomic mass is 10.0. The first-order valence-corrected chi connectivity index (χ1v) is 9.85. The van der Waals surface area contributed by atoms with E-state index >= 15 is 0 Å². The minimum Gasteiger partial charge on any atom is -0.342 e. The Kier molecular flexibility index (Phi) is 4.25. The van der Waals surface area contributed by atoms with E-state index in [1.807, 2.05) is 4.90 Å². The molecule has 22 heavy (non-hydrogen) atoms. The summed E-state index contributed by atoms with van der Waals surface area (Å²) in [5.74, 6) is 0.805. The van der Waals surface area contributed by atoms with Gasteiger partial charge in [-0.3, -0.25) is 9.89 Å². The first-order valence-electron chi connectivity index (χ1n) is 7.96. The number of carbonyl (C=O) groups excluding carboxylic acids is 1. The van der Waals surface area contributed by atoms with Crippen molar-refractivity contribution in [2.24, 2.45) is 5.92 Å². The van der Waals surface area contributed by atoms with Crippen LogP contribution in [-0.4, -0.2) is 48.8 Å². The zero-order chi connectivity index (χ0) is 15.7. The number of hydrogen-bond donors (Lipinski definition) is 1. The lowest BCUT2D eigenvalue weighted by molar-refractivity contribution is -0.131. The number of carbonyl (C=O) groups is 1. The Morgan fingerprint density at radius 3 is 2.77 bits per heavy atom. The Bertz CT molecular complexity index is 647. The van der Waals surface area contributed by atoms with Crippen molar-refractivity contribution < 1.29 is 13.2 Å². The smallest absolute Gasteiger partial charge is 0.222 e. The number of amides is 1. The van der Waals surface area contributed by atoms with Crippen LogP contribution < -0.4 is 0 Å². The molecule has 2 aliphatic rings. The largest absolute Gasteiger partial charge is 0.342 e. The fourth-order valence-corrected chi connectivity index (χ4v) is 4.54. The molecule has 1 N–H and O–H groups in total. The van der Waals surface area contributed by atoms with Crippen molar-refractivity contribution in [3.8, 4) is 0 Å². The van der Waals surface area contributed by atoms with Gasteiger partial charge in [0.25, 0.3) is 0 Å². The Labute approximate surface area is 131 Å². The average molecular weight is 325 g/mol. The van der Waals surface area contributed by atoms with E-state index in [1.165, 1.54) is 38.1 Å². The predicted octanol–water partition coefficient (Wildman–Crippen LogP) is 1.71. The number of nitrogens with zero attached hydrogens (tertiary/aromatic N) is 2. The molecule has 1 amide bonds. The monoisotopic (exact) mass is 325 g/mol. The second-order valence-corrected chi connectivity index (χ2v) is 8.58. The second kappa shape index (κ2) is 6.02. The quantitative estimate of drug-likeness (QED) is 0.913. The third-order valence-corrected chi connectivity index (χ3v) is 6.04. The Morgan fingerprint density at radius 2 is 2.09 bits per heavy atom. The fraction of sp³-hybridized carbons (Fsp3) is 0.733. The summed E-state index contributed by atoms with van der Waals surface area (Å²) in [6.45, 7) is 1.30. The van der Waals surface area contributed by atoms with Gasteiger partial charge in [-0.25, -0.2) is 8.42 Å². The van der Waals surface area contributed by atoms with Crippen LogP contribution in [0.15, 0.2) is 11.1 Å². The minimum atomic E-state index is -3.28. The maximum atomic E-state index is 12.4. The molecule has 1 aliphatic heterocycles. The molecule has 1 aromatic rings. The van der Waals surface area contributed by atoms with Crippen molar-refractivity contribution in [1.29, 1.82) is 0 Å². The van der Waals surface area contributed by atoms with Crippen LogP contribution in [0.4, 0.5) is 0 Å². The number of likely N-dealkylation sites (tertiary alicyclic amines) is 1. The first kappa shape index (κ1) is 15.5. The number of rotatable bonds is 4. The maximum absolute atomic E-state index is 12.4. The SMILES string of the molecule is CS(=O)(=O)c1cn[nH]c1[C@@H]1CCN(C(=O)CC2CCCC2)C1. The third kappa shape index (κ3) is 3.19. The number of nitrogens with one attached hydrogen (secondary N) is 1. The van der Waals surface area contributed by atoms with E-state index in [2.05, 4.69) is 10.2 Å². The van der Waals surface area contributed by atoms with Gasteiger partial charge in [0, 0.05) is 31.7 Å². The Hall–Kier alpha value is -1.37. The van der Waals surface area contributed by atoms with Crippen LogP contribution in [0.2, 0.25) is 0 Å². The van der Waals surface area contributed by atoms with Gasteiger partial charge in [0.15, 0.2) is 9.84 Å². The molecular weight excluding hydrogens is 302 g/mol. The van der Waals surface area contributed by atoms with Crippen LogP contribution in [0.25, 0.3) is 0 Å². The first-order chi connectivity index (χ1) is 10.4. The van der Waals surface area contributed by atoms with E-state index in [-0.39, 0.29) is 16.7 Å². The third-order valence-electron chi connectivity index (χ3n) is 4.92. The molecule has 0 unspecified atom stereocenters. The Balaban J connectivity index is 1.65. The number of hydrogen-bond acceptors (Lipinski definition) is 4. The zero-order valence-electron chi connectivity index (χ0n) is 12.9. The van der Waals surface area contributed by atoms with E-state index in [0.717, 1.165) is 6.42 Å². The van der Waals surface area contributed by atoms with Gasteiger partial charge in [0.1, 0.15) is 4.90 Å². The topological polar surface area (TPSA) is 83.1 Å². The van der Waals surface area contributed by atoms with E-state index in [1.54, 1.807) is 0 Å². The molecule has 1 aromatic heterocycles. The number of sulfone groups is 1. The zero-order valence-corrected chi connectivity index (χ0v) is 13.7. The molecule has 3 rings (SSSR count). The van der Waals surface area contributed by atoms with Crippen molar-refractivity contribution in [3.05, 3.63) is 11.9 Å². The molecule has 1 aliphatic carbocycles. The maximum Gasteiger partial charge on any atom is 0.222 e. The lowest BCUT2D eigenvalue weighted by Gasteiger charge is -2.18. The van der Waals surface area contributed by atoms with Crippen molar-refractivity contribution in [2.75, 3.05) is 19.3 Å². The summed E-state index contributed by atoms with van der Waals surface area (Å²) in [7, 11) is -3.28. The summed E-state index contributed by atoms with van der Waals surface area (Å²) >= 11 is 0. The van der Waals surface area contributed by atoms with Gasteiger partial charge in [0.05, 0.1) is 11.9 Å². The minimum absolute atomic E-state index is 0.0414. The van der Waals surface area contributed by atoms with Crippen molar-refractivity contribution in [3.63, 3.8) is 0 Å². The summed E-state index contributed by atoms with van der Waals surface area (Å²) in [6, 6.07) is 0. The molecule has 1 saturated carbocycles. The van der Waals surface area contributed by atoms with Gasteiger partial charge in [-0.2, -0.15) is 5.10 Å². The van der Waals surface area contributed by atoms with Crippen LogP contribution in [0.5, 0.6) is 0 Å². The van der Waals surface area contributed by atoms with Gasteiger partial charge >= 0.3 is 0 Å². The second-order valence-electron chi connectivity index (χ2n) is 6.60. The van der Waals surface area contributed by atoms with Gasteiger partial charge in [0.2, 0.25) is 5.91 Å². The molecule has 1 atom stereocenters. The highest BCUT2D eigenvalue weighted by molar-refractivity contribution is 7.90. The lowest BCUT2D eigenvalue weighted by Crippen LogP contribution is -2.29. The van der Waals surface area contributed by atoms with E-state index in [4.69, 9.17) is 0 Å². The van der Waals surface area contributed by atoms with Gasteiger partial charge in [-0.1, -0.05) is 12.8 Å². The van der Waals surface area contributed by atoms with Gasteiger partial charge in [-0.05, 0) is 25.2 Å². The molecule has 0 bridgehead atoms. The highest BCUT2D eigenvalue weighted by Gasteiger charge is 2.32. The van der Waals surface area contributed by atoms with Gasteiger partial charge < -0.3 is 4.90 Å². The summed E-state index contributed by atoms with van der Waals surface area (Å²) in [4.78, 5) is 14.5. The molecule has 7 heteroatoms. The number of aromatic amines is 1. The predicted molar refractivity (Wildman–Crippen MR) is 82.2 cm³/mol. The summed E-state index contributed by atoms with van der Waals surface area (Å²) in [5, 5.41) is 6.70. The van der Waals surface area contributed by atoms with Crippen molar-refractivity contribution in [2.45, 2.75) is 49.3 Å². The highest BCUT2D eigenvalue weighted by Crippen LogP contribution is 2.32. The van der Waals surface area contributed by atoms with Crippen LogP contribution in [0.1, 0.15) is 50.1 Å². The van der Waals surface area contributed by atoms with E-state index < -0.39 is 9.84 Å².